The Morgan fingerprint density at radius 2 is 1.68 bits per heavy atom. The number of amides is 1. The fraction of sp³-hybridized carbons (Fsp3) is 0.0357. The number of methoxy groups -OCH3 is 1. The minimum absolute atomic E-state index is 0.153. The summed E-state index contributed by atoms with van der Waals surface area (Å²) in [5, 5.41) is 0.929. The zero-order valence-electron chi connectivity index (χ0n) is 18.2. The Bertz CT molecular complexity index is 1440. The SMILES string of the molecule is COc1cccc(N2C(=O)C(=Cc3ccc(-c4ccc(Cl)c(Cl)c4)o3)C=C2c2ccccc2)c1. The summed E-state index contributed by atoms with van der Waals surface area (Å²) >= 11 is 12.2. The highest BCUT2D eigenvalue weighted by Gasteiger charge is 2.31. The number of furan rings is 1. The number of hydrogen-bond donors (Lipinski definition) is 0. The lowest BCUT2D eigenvalue weighted by molar-refractivity contribution is -0.113. The summed E-state index contributed by atoms with van der Waals surface area (Å²) in [5.74, 6) is 1.71. The zero-order valence-corrected chi connectivity index (χ0v) is 19.7. The Hall–Kier alpha value is -3.73. The molecule has 34 heavy (non-hydrogen) atoms. The molecular weight excluding hydrogens is 469 g/mol. The molecule has 4 nitrogen and oxygen atoms in total. The van der Waals surface area contributed by atoms with Gasteiger partial charge in [-0.2, -0.15) is 0 Å². The quantitative estimate of drug-likeness (QED) is 0.270. The van der Waals surface area contributed by atoms with Crippen LogP contribution in [0.4, 0.5) is 5.69 Å². The number of nitrogens with zero attached hydrogens (tertiary/aromatic N) is 1. The standard InChI is InChI=1S/C28H19Cl2NO3/c1-33-22-9-5-8-21(17-22)31-26(18-6-3-2-4-7-18)16-20(28(31)32)14-23-11-13-27(34-23)19-10-12-24(29)25(30)15-19/h2-17H,1H3. The van der Waals surface area contributed by atoms with E-state index in [9.17, 15) is 4.79 Å². The Labute approximate surface area is 207 Å². The van der Waals surface area contributed by atoms with Crippen LogP contribution in [0, 0.1) is 0 Å². The van der Waals surface area contributed by atoms with Crippen LogP contribution in [0.5, 0.6) is 5.75 Å². The van der Waals surface area contributed by atoms with Gasteiger partial charge in [0.15, 0.2) is 0 Å². The molecule has 5 rings (SSSR count). The maximum Gasteiger partial charge on any atom is 0.263 e. The molecule has 0 atom stereocenters. The first-order chi connectivity index (χ1) is 16.5. The lowest BCUT2D eigenvalue weighted by Crippen LogP contribution is -2.24. The van der Waals surface area contributed by atoms with Gasteiger partial charge in [-0.1, -0.05) is 59.6 Å². The Balaban J connectivity index is 1.54. The first kappa shape index (κ1) is 22.1. The number of halogens is 2. The van der Waals surface area contributed by atoms with Gasteiger partial charge in [0.05, 0.1) is 28.5 Å². The van der Waals surface area contributed by atoms with Gasteiger partial charge in [-0.3, -0.25) is 9.69 Å². The van der Waals surface area contributed by atoms with E-state index < -0.39 is 0 Å². The van der Waals surface area contributed by atoms with Crippen LogP contribution in [0.15, 0.2) is 101 Å². The van der Waals surface area contributed by atoms with Gasteiger partial charge in [0.2, 0.25) is 0 Å². The van der Waals surface area contributed by atoms with Crippen LogP contribution < -0.4 is 9.64 Å². The second-order valence-electron chi connectivity index (χ2n) is 7.67. The van der Waals surface area contributed by atoms with Crippen LogP contribution in [0.25, 0.3) is 23.1 Å². The lowest BCUT2D eigenvalue weighted by atomic mass is 10.1. The molecule has 0 saturated carbocycles. The second-order valence-corrected chi connectivity index (χ2v) is 8.48. The van der Waals surface area contributed by atoms with Gasteiger partial charge >= 0.3 is 0 Å². The Morgan fingerprint density at radius 3 is 2.44 bits per heavy atom. The number of ether oxygens (including phenoxy) is 1. The number of anilines is 1. The van der Waals surface area contributed by atoms with E-state index in [-0.39, 0.29) is 5.91 Å². The van der Waals surface area contributed by atoms with Crippen LogP contribution in [0.2, 0.25) is 10.0 Å². The molecule has 0 spiro atoms. The smallest absolute Gasteiger partial charge is 0.263 e. The molecule has 1 aliphatic rings. The molecule has 0 unspecified atom stereocenters. The molecule has 0 N–H and O–H groups in total. The minimum Gasteiger partial charge on any atom is -0.497 e. The number of carbonyl (C=O) groups excluding carboxylic acids is 1. The van der Waals surface area contributed by atoms with Crippen LogP contribution in [-0.2, 0) is 4.79 Å². The Morgan fingerprint density at radius 1 is 0.853 bits per heavy atom. The molecule has 2 heterocycles. The van der Waals surface area contributed by atoms with Crippen molar-refractivity contribution in [3.63, 3.8) is 0 Å². The minimum atomic E-state index is -0.153. The molecule has 6 heteroatoms. The average Bonchev–Trinajstić information content (AvgIpc) is 3.46. The van der Waals surface area contributed by atoms with Crippen LogP contribution in [0.3, 0.4) is 0 Å². The summed E-state index contributed by atoms with van der Waals surface area (Å²) in [7, 11) is 1.60. The van der Waals surface area contributed by atoms with Crippen molar-refractivity contribution in [2.75, 3.05) is 12.0 Å². The van der Waals surface area contributed by atoms with E-state index in [1.54, 1.807) is 30.2 Å². The highest BCUT2D eigenvalue weighted by Crippen LogP contribution is 2.37. The predicted octanol–water partition coefficient (Wildman–Crippen LogP) is 7.73. The van der Waals surface area contributed by atoms with Crippen molar-refractivity contribution in [3.05, 3.63) is 118 Å². The largest absolute Gasteiger partial charge is 0.497 e. The molecular formula is C28H19Cl2NO3. The lowest BCUT2D eigenvalue weighted by Gasteiger charge is -2.21. The normalized spacial score (nSPS) is 14.6. The van der Waals surface area contributed by atoms with Gasteiger partial charge < -0.3 is 9.15 Å². The predicted molar refractivity (Wildman–Crippen MR) is 137 cm³/mol. The van der Waals surface area contributed by atoms with Crippen molar-refractivity contribution in [2.24, 2.45) is 0 Å². The summed E-state index contributed by atoms with van der Waals surface area (Å²) in [6.07, 6.45) is 3.62. The summed E-state index contributed by atoms with van der Waals surface area (Å²) in [5.41, 5.74) is 3.74. The molecule has 1 amide bonds. The van der Waals surface area contributed by atoms with Gasteiger partial charge in [-0.05, 0) is 60.2 Å². The van der Waals surface area contributed by atoms with Gasteiger partial charge in [-0.25, -0.2) is 0 Å². The number of carbonyl (C=O) groups is 1. The van der Waals surface area contributed by atoms with Gasteiger partial charge in [0, 0.05) is 17.2 Å². The molecule has 1 aromatic heterocycles. The Kier molecular flexibility index (Phi) is 6.01. The maximum atomic E-state index is 13.5. The van der Waals surface area contributed by atoms with E-state index in [0.717, 1.165) is 22.5 Å². The van der Waals surface area contributed by atoms with E-state index in [1.807, 2.05) is 78.9 Å². The fourth-order valence-electron chi connectivity index (χ4n) is 3.83. The third kappa shape index (κ3) is 4.26. The number of benzene rings is 3. The number of rotatable bonds is 5. The molecule has 0 aliphatic carbocycles. The van der Waals surface area contributed by atoms with E-state index in [0.29, 0.717) is 32.9 Å². The third-order valence-corrected chi connectivity index (χ3v) is 6.23. The third-order valence-electron chi connectivity index (χ3n) is 5.49. The van der Waals surface area contributed by atoms with Crippen molar-refractivity contribution >= 4 is 46.6 Å². The highest BCUT2D eigenvalue weighted by atomic mass is 35.5. The van der Waals surface area contributed by atoms with Crippen molar-refractivity contribution in [1.29, 1.82) is 0 Å². The van der Waals surface area contributed by atoms with Gasteiger partial charge in [0.25, 0.3) is 5.91 Å². The molecule has 0 fully saturated rings. The van der Waals surface area contributed by atoms with E-state index in [2.05, 4.69) is 0 Å². The van der Waals surface area contributed by atoms with Gasteiger partial charge in [-0.15, -0.1) is 0 Å². The summed E-state index contributed by atoms with van der Waals surface area (Å²) in [4.78, 5) is 15.2. The average molecular weight is 488 g/mol. The van der Waals surface area contributed by atoms with E-state index in [4.69, 9.17) is 32.4 Å². The summed E-state index contributed by atoms with van der Waals surface area (Å²) in [6, 6.07) is 26.2. The molecule has 0 saturated heterocycles. The summed E-state index contributed by atoms with van der Waals surface area (Å²) in [6.45, 7) is 0. The molecule has 168 valence electrons. The van der Waals surface area contributed by atoms with Crippen molar-refractivity contribution in [1.82, 2.24) is 0 Å². The molecule has 1 aliphatic heterocycles. The van der Waals surface area contributed by atoms with Gasteiger partial charge in [0.1, 0.15) is 17.3 Å². The molecule has 4 aromatic rings. The van der Waals surface area contributed by atoms with E-state index >= 15 is 0 Å². The maximum absolute atomic E-state index is 13.5. The van der Waals surface area contributed by atoms with Crippen molar-refractivity contribution in [3.8, 4) is 17.1 Å². The fourth-order valence-corrected chi connectivity index (χ4v) is 4.13. The monoisotopic (exact) mass is 487 g/mol. The second kappa shape index (κ2) is 9.26. The number of hydrogen-bond acceptors (Lipinski definition) is 3. The summed E-state index contributed by atoms with van der Waals surface area (Å²) < 4.78 is 11.4. The van der Waals surface area contributed by atoms with Crippen LogP contribution in [-0.4, -0.2) is 13.0 Å². The molecule has 0 bridgehead atoms. The van der Waals surface area contributed by atoms with Crippen LogP contribution in [0.1, 0.15) is 11.3 Å². The first-order valence-corrected chi connectivity index (χ1v) is 11.3. The van der Waals surface area contributed by atoms with Crippen molar-refractivity contribution in [2.45, 2.75) is 0 Å². The topological polar surface area (TPSA) is 42.7 Å². The molecule has 3 aromatic carbocycles. The highest BCUT2D eigenvalue weighted by molar-refractivity contribution is 6.42. The first-order valence-electron chi connectivity index (χ1n) is 10.6. The van der Waals surface area contributed by atoms with Crippen molar-refractivity contribution < 1.29 is 13.9 Å². The zero-order chi connectivity index (χ0) is 23.7. The van der Waals surface area contributed by atoms with E-state index in [1.165, 1.54) is 0 Å². The van der Waals surface area contributed by atoms with Crippen LogP contribution >= 0.6 is 23.2 Å². The molecule has 0 radical (unpaired) electrons.